The number of hydrogen-bond acceptors (Lipinski definition) is 3. The van der Waals surface area contributed by atoms with E-state index in [0.717, 1.165) is 25.4 Å². The topological polar surface area (TPSA) is 21.7 Å². The van der Waals surface area contributed by atoms with Gasteiger partial charge in [-0.3, -0.25) is 0 Å². The molecule has 0 bridgehead atoms. The number of likely N-dealkylation sites (tertiary alicyclic amines) is 1. The number of piperidine rings is 1. The normalized spacial score (nSPS) is 20.6. The summed E-state index contributed by atoms with van der Waals surface area (Å²) in [6.07, 6.45) is 7.62. The molecule has 4 rings (SSSR count). The molecular weight excluding hydrogens is 446 g/mol. The lowest BCUT2D eigenvalue weighted by Gasteiger charge is -2.47. The van der Waals surface area contributed by atoms with Gasteiger partial charge in [0, 0.05) is 24.0 Å². The molecule has 35 heavy (non-hydrogen) atoms. The molecule has 2 fully saturated rings. The Morgan fingerprint density at radius 3 is 1.91 bits per heavy atom. The third-order valence-corrected chi connectivity index (χ3v) is 14.0. The van der Waals surface area contributed by atoms with Gasteiger partial charge in [0.25, 0.3) is 0 Å². The Bertz CT molecular complexity index is 934. The fourth-order valence-electron chi connectivity index (χ4n) is 5.94. The van der Waals surface area contributed by atoms with E-state index in [4.69, 9.17) is 9.16 Å². The highest BCUT2D eigenvalue weighted by Crippen LogP contribution is 2.45. The molecular formula is C31H47NO2Si. The number of hydrogen-bond donors (Lipinski definition) is 0. The predicted molar refractivity (Wildman–Crippen MR) is 150 cm³/mol. The summed E-state index contributed by atoms with van der Waals surface area (Å²) in [5, 5.41) is 0.235. The van der Waals surface area contributed by atoms with Crippen LogP contribution in [0, 0.1) is 0 Å². The molecule has 0 aromatic heterocycles. The van der Waals surface area contributed by atoms with Gasteiger partial charge in [0.05, 0.1) is 7.11 Å². The standard InChI is InChI=1S/C31H47NO2Si/c1-29(2,3)35(5,6)34-25-31(26-12-8-7-9-13-26)20-22-32(23-21-31)24-30(18-10-11-19-30)27-14-16-28(33-4)17-15-27/h7-9,12-17H,10-11,18-25H2,1-6H3. The van der Waals surface area contributed by atoms with E-state index in [1.165, 1.54) is 56.2 Å². The maximum absolute atomic E-state index is 6.88. The fourth-order valence-corrected chi connectivity index (χ4v) is 7.01. The zero-order valence-corrected chi connectivity index (χ0v) is 24.0. The van der Waals surface area contributed by atoms with Gasteiger partial charge < -0.3 is 14.1 Å². The molecule has 1 aliphatic heterocycles. The molecule has 0 unspecified atom stereocenters. The van der Waals surface area contributed by atoms with Gasteiger partial charge in [-0.05, 0) is 80.2 Å². The van der Waals surface area contributed by atoms with Crippen LogP contribution in [0.1, 0.15) is 70.4 Å². The molecule has 0 radical (unpaired) electrons. The Kier molecular flexibility index (Phi) is 7.85. The molecule has 1 aliphatic carbocycles. The molecule has 2 aromatic carbocycles. The summed E-state index contributed by atoms with van der Waals surface area (Å²) in [5.41, 5.74) is 3.37. The first-order valence-corrected chi connectivity index (χ1v) is 16.6. The van der Waals surface area contributed by atoms with Crippen molar-refractivity contribution in [3.63, 3.8) is 0 Å². The predicted octanol–water partition coefficient (Wildman–Crippen LogP) is 7.56. The molecule has 3 nitrogen and oxygen atoms in total. The van der Waals surface area contributed by atoms with Gasteiger partial charge in [0.1, 0.15) is 5.75 Å². The van der Waals surface area contributed by atoms with Gasteiger partial charge in [-0.15, -0.1) is 0 Å². The summed E-state index contributed by atoms with van der Waals surface area (Å²) in [4.78, 5) is 2.75. The van der Waals surface area contributed by atoms with Crippen molar-refractivity contribution in [2.45, 2.75) is 88.3 Å². The zero-order valence-electron chi connectivity index (χ0n) is 23.0. The van der Waals surface area contributed by atoms with Crippen LogP contribution in [0.3, 0.4) is 0 Å². The second kappa shape index (κ2) is 10.4. The quantitative estimate of drug-likeness (QED) is 0.354. The van der Waals surface area contributed by atoms with Crippen LogP contribution in [0.2, 0.25) is 18.1 Å². The van der Waals surface area contributed by atoms with Crippen LogP contribution in [0.25, 0.3) is 0 Å². The summed E-state index contributed by atoms with van der Waals surface area (Å²) < 4.78 is 12.3. The third-order valence-electron chi connectivity index (χ3n) is 9.50. The van der Waals surface area contributed by atoms with E-state index >= 15 is 0 Å². The molecule has 1 saturated heterocycles. The van der Waals surface area contributed by atoms with Gasteiger partial charge in [-0.2, -0.15) is 0 Å². The van der Waals surface area contributed by atoms with Crippen LogP contribution in [0.4, 0.5) is 0 Å². The largest absolute Gasteiger partial charge is 0.497 e. The van der Waals surface area contributed by atoms with Gasteiger partial charge >= 0.3 is 0 Å². The Morgan fingerprint density at radius 1 is 0.800 bits per heavy atom. The summed E-state index contributed by atoms with van der Waals surface area (Å²) in [6, 6.07) is 20.1. The van der Waals surface area contributed by atoms with Crippen molar-refractivity contribution < 1.29 is 9.16 Å². The van der Waals surface area contributed by atoms with Crippen LogP contribution in [-0.4, -0.2) is 46.6 Å². The Hall–Kier alpha value is -1.62. The summed E-state index contributed by atoms with van der Waals surface area (Å²) in [7, 11) is -0.0513. The fraction of sp³-hybridized carbons (Fsp3) is 0.613. The van der Waals surface area contributed by atoms with Crippen molar-refractivity contribution in [2.24, 2.45) is 0 Å². The number of ether oxygens (including phenoxy) is 1. The molecule has 0 amide bonds. The number of rotatable bonds is 8. The van der Waals surface area contributed by atoms with Crippen LogP contribution < -0.4 is 4.74 Å². The Morgan fingerprint density at radius 2 is 1.37 bits per heavy atom. The number of nitrogens with zero attached hydrogens (tertiary/aromatic N) is 1. The van der Waals surface area contributed by atoms with E-state index in [9.17, 15) is 0 Å². The summed E-state index contributed by atoms with van der Waals surface area (Å²) >= 11 is 0. The first kappa shape index (κ1) is 26.4. The van der Waals surface area contributed by atoms with Gasteiger partial charge in [-0.1, -0.05) is 76.1 Å². The highest BCUT2D eigenvalue weighted by molar-refractivity contribution is 6.74. The van der Waals surface area contributed by atoms with E-state index in [1.807, 2.05) is 0 Å². The molecule has 1 saturated carbocycles. The summed E-state index contributed by atoms with van der Waals surface area (Å²) in [6.45, 7) is 16.1. The van der Waals surface area contributed by atoms with Crippen molar-refractivity contribution >= 4 is 8.32 Å². The summed E-state index contributed by atoms with van der Waals surface area (Å²) in [5.74, 6) is 0.953. The molecule has 2 aliphatic rings. The maximum Gasteiger partial charge on any atom is 0.192 e. The van der Waals surface area contributed by atoms with Crippen molar-refractivity contribution in [1.82, 2.24) is 4.90 Å². The van der Waals surface area contributed by atoms with E-state index in [1.54, 1.807) is 7.11 Å². The Balaban J connectivity index is 1.50. The second-order valence-corrected chi connectivity index (χ2v) is 17.5. The second-order valence-electron chi connectivity index (χ2n) is 12.7. The lowest BCUT2D eigenvalue weighted by Crippen LogP contribution is -2.51. The number of methoxy groups -OCH3 is 1. The first-order valence-electron chi connectivity index (χ1n) is 13.7. The molecule has 0 spiro atoms. The van der Waals surface area contributed by atoms with Crippen molar-refractivity contribution in [3.8, 4) is 5.75 Å². The third kappa shape index (κ3) is 5.70. The average molecular weight is 494 g/mol. The van der Waals surface area contributed by atoms with E-state index in [2.05, 4.69) is 93.4 Å². The highest BCUT2D eigenvalue weighted by atomic mass is 28.4. The van der Waals surface area contributed by atoms with Crippen LogP contribution in [-0.2, 0) is 15.3 Å². The van der Waals surface area contributed by atoms with Gasteiger partial charge in [0.2, 0.25) is 0 Å². The van der Waals surface area contributed by atoms with Crippen LogP contribution in [0.5, 0.6) is 5.75 Å². The molecule has 0 N–H and O–H groups in total. The molecule has 192 valence electrons. The van der Waals surface area contributed by atoms with Crippen molar-refractivity contribution in [1.29, 1.82) is 0 Å². The molecule has 1 heterocycles. The average Bonchev–Trinajstić information content (AvgIpc) is 3.33. The van der Waals surface area contributed by atoms with Crippen LogP contribution >= 0.6 is 0 Å². The van der Waals surface area contributed by atoms with Gasteiger partial charge in [0.15, 0.2) is 8.32 Å². The lowest BCUT2D eigenvalue weighted by molar-refractivity contribution is 0.0897. The minimum absolute atomic E-state index is 0.121. The monoisotopic (exact) mass is 493 g/mol. The lowest BCUT2D eigenvalue weighted by atomic mass is 9.72. The highest BCUT2D eigenvalue weighted by Gasteiger charge is 2.44. The van der Waals surface area contributed by atoms with Gasteiger partial charge in [-0.25, -0.2) is 0 Å². The van der Waals surface area contributed by atoms with Crippen LogP contribution in [0.15, 0.2) is 54.6 Å². The van der Waals surface area contributed by atoms with Crippen molar-refractivity contribution in [2.75, 3.05) is 33.4 Å². The Labute approximate surface area is 215 Å². The SMILES string of the molecule is COc1ccc(C2(CN3CCC(CO[Si](C)(C)C(C)(C)C)(c4ccccc4)CC3)CCCC2)cc1. The number of benzene rings is 2. The zero-order chi connectivity index (χ0) is 25.2. The molecule has 2 aromatic rings. The molecule has 0 atom stereocenters. The van der Waals surface area contributed by atoms with E-state index in [-0.39, 0.29) is 15.9 Å². The van der Waals surface area contributed by atoms with E-state index < -0.39 is 8.32 Å². The minimum Gasteiger partial charge on any atom is -0.497 e. The van der Waals surface area contributed by atoms with E-state index in [0.29, 0.717) is 0 Å². The smallest absolute Gasteiger partial charge is 0.192 e. The minimum atomic E-state index is -1.80. The maximum atomic E-state index is 6.88. The van der Waals surface area contributed by atoms with Crippen molar-refractivity contribution in [3.05, 3.63) is 65.7 Å². The molecule has 4 heteroatoms. The first-order chi connectivity index (χ1) is 16.6.